The molecular formula is C16H19BrN2O2. The predicted molar refractivity (Wildman–Crippen MR) is 86.2 cm³/mol. The van der Waals surface area contributed by atoms with Crippen LogP contribution in [0.1, 0.15) is 24.0 Å². The standard InChI is InChI=1S/C16H19BrN2O2/c1-12-8-16-14(9-13(12)10-18)15(17)11-19(16)4-2-6-21-7-3-5-20/h8-9,11,20H,2-7H2,1H3. The molecule has 1 N–H and O–H groups in total. The molecule has 1 aromatic heterocycles. The summed E-state index contributed by atoms with van der Waals surface area (Å²) in [7, 11) is 0. The highest BCUT2D eigenvalue weighted by molar-refractivity contribution is 9.10. The lowest BCUT2D eigenvalue weighted by Crippen LogP contribution is -2.03. The topological polar surface area (TPSA) is 58.2 Å². The Bertz CT molecular complexity index is 658. The molecule has 0 radical (unpaired) electrons. The van der Waals surface area contributed by atoms with Crippen molar-refractivity contribution in [2.45, 2.75) is 26.3 Å². The third-order valence-corrected chi connectivity index (χ3v) is 4.07. The van der Waals surface area contributed by atoms with Gasteiger partial charge in [0.25, 0.3) is 0 Å². The molecule has 1 heterocycles. The molecule has 0 bridgehead atoms. The summed E-state index contributed by atoms with van der Waals surface area (Å²) in [5.41, 5.74) is 2.85. The van der Waals surface area contributed by atoms with Gasteiger partial charge < -0.3 is 14.4 Å². The summed E-state index contributed by atoms with van der Waals surface area (Å²) in [4.78, 5) is 0. The summed E-state index contributed by atoms with van der Waals surface area (Å²) < 4.78 is 8.64. The first kappa shape index (κ1) is 16.0. The van der Waals surface area contributed by atoms with Crippen LogP contribution in [0.3, 0.4) is 0 Å². The number of nitriles is 1. The second kappa shape index (κ2) is 7.60. The van der Waals surface area contributed by atoms with Gasteiger partial charge in [0, 0.05) is 47.9 Å². The maximum absolute atomic E-state index is 9.11. The van der Waals surface area contributed by atoms with Crippen molar-refractivity contribution >= 4 is 26.8 Å². The van der Waals surface area contributed by atoms with Gasteiger partial charge in [-0.3, -0.25) is 0 Å². The van der Waals surface area contributed by atoms with Crippen LogP contribution in [0.25, 0.3) is 10.9 Å². The fraction of sp³-hybridized carbons (Fsp3) is 0.438. The number of hydrogen-bond acceptors (Lipinski definition) is 3. The Morgan fingerprint density at radius 1 is 1.33 bits per heavy atom. The first-order valence-corrected chi connectivity index (χ1v) is 7.84. The highest BCUT2D eigenvalue weighted by Gasteiger charge is 2.09. The average Bonchev–Trinajstić information content (AvgIpc) is 2.77. The van der Waals surface area contributed by atoms with E-state index in [1.54, 1.807) is 0 Å². The van der Waals surface area contributed by atoms with Crippen molar-refractivity contribution in [2.24, 2.45) is 0 Å². The molecule has 0 spiro atoms. The van der Waals surface area contributed by atoms with E-state index in [1.807, 2.05) is 13.0 Å². The molecule has 1 aromatic carbocycles. The lowest BCUT2D eigenvalue weighted by atomic mass is 10.1. The third-order valence-electron chi connectivity index (χ3n) is 3.43. The van der Waals surface area contributed by atoms with E-state index in [4.69, 9.17) is 15.1 Å². The Balaban J connectivity index is 2.07. The average molecular weight is 351 g/mol. The van der Waals surface area contributed by atoms with Crippen LogP contribution in [0.5, 0.6) is 0 Å². The fourth-order valence-electron chi connectivity index (χ4n) is 2.31. The number of nitrogens with zero attached hydrogens (tertiary/aromatic N) is 2. The summed E-state index contributed by atoms with van der Waals surface area (Å²) >= 11 is 3.56. The number of aromatic nitrogens is 1. The van der Waals surface area contributed by atoms with Crippen LogP contribution >= 0.6 is 15.9 Å². The van der Waals surface area contributed by atoms with E-state index in [0.29, 0.717) is 25.2 Å². The van der Waals surface area contributed by atoms with Crippen molar-refractivity contribution in [1.82, 2.24) is 4.57 Å². The molecule has 0 unspecified atom stereocenters. The Morgan fingerprint density at radius 2 is 2.10 bits per heavy atom. The molecule has 0 aliphatic rings. The highest BCUT2D eigenvalue weighted by atomic mass is 79.9. The zero-order valence-electron chi connectivity index (χ0n) is 12.1. The quantitative estimate of drug-likeness (QED) is 0.778. The smallest absolute Gasteiger partial charge is 0.0994 e. The number of rotatable bonds is 7. The third kappa shape index (κ3) is 3.85. The van der Waals surface area contributed by atoms with Gasteiger partial charge in [-0.25, -0.2) is 0 Å². The molecule has 0 aliphatic carbocycles. The van der Waals surface area contributed by atoms with Crippen LogP contribution in [0.2, 0.25) is 0 Å². The van der Waals surface area contributed by atoms with Crippen molar-refractivity contribution in [1.29, 1.82) is 5.26 Å². The number of ether oxygens (including phenoxy) is 1. The van der Waals surface area contributed by atoms with Crippen molar-refractivity contribution in [2.75, 3.05) is 19.8 Å². The van der Waals surface area contributed by atoms with Gasteiger partial charge in [0.1, 0.15) is 0 Å². The Morgan fingerprint density at radius 3 is 2.81 bits per heavy atom. The Kier molecular flexibility index (Phi) is 5.80. The maximum Gasteiger partial charge on any atom is 0.0994 e. The summed E-state index contributed by atoms with van der Waals surface area (Å²) in [6, 6.07) is 6.22. The molecule has 0 atom stereocenters. The SMILES string of the molecule is Cc1cc2c(cc1C#N)c(Br)cn2CCCOCCCO. The van der Waals surface area contributed by atoms with E-state index in [2.05, 4.69) is 38.8 Å². The monoisotopic (exact) mass is 350 g/mol. The number of halogens is 1. The van der Waals surface area contributed by atoms with E-state index in [1.165, 1.54) is 0 Å². The minimum absolute atomic E-state index is 0.176. The molecule has 0 fully saturated rings. The maximum atomic E-state index is 9.11. The van der Waals surface area contributed by atoms with Crippen LogP contribution in [-0.2, 0) is 11.3 Å². The Labute approximate surface area is 133 Å². The molecule has 0 saturated carbocycles. The second-order valence-corrected chi connectivity index (χ2v) is 5.86. The van der Waals surface area contributed by atoms with Crippen LogP contribution in [0, 0.1) is 18.3 Å². The van der Waals surface area contributed by atoms with Gasteiger partial charge in [-0.1, -0.05) is 0 Å². The van der Waals surface area contributed by atoms with Gasteiger partial charge >= 0.3 is 0 Å². The van der Waals surface area contributed by atoms with Gasteiger partial charge in [-0.2, -0.15) is 5.26 Å². The van der Waals surface area contributed by atoms with E-state index in [9.17, 15) is 0 Å². The van der Waals surface area contributed by atoms with Gasteiger partial charge in [-0.15, -0.1) is 0 Å². The number of aliphatic hydroxyl groups is 1. The lowest BCUT2D eigenvalue weighted by Gasteiger charge is -2.07. The zero-order chi connectivity index (χ0) is 15.2. The largest absolute Gasteiger partial charge is 0.396 e. The summed E-state index contributed by atoms with van der Waals surface area (Å²) in [6.45, 7) is 4.30. The van der Waals surface area contributed by atoms with E-state index in [-0.39, 0.29) is 6.61 Å². The number of hydrogen-bond donors (Lipinski definition) is 1. The van der Waals surface area contributed by atoms with Gasteiger partial charge in [0.05, 0.1) is 11.6 Å². The first-order valence-electron chi connectivity index (χ1n) is 7.05. The number of fused-ring (bicyclic) bond motifs is 1. The summed E-state index contributed by atoms with van der Waals surface area (Å²) in [6.07, 6.45) is 3.66. The molecule has 0 aliphatic heterocycles. The zero-order valence-corrected chi connectivity index (χ0v) is 13.7. The highest BCUT2D eigenvalue weighted by Crippen LogP contribution is 2.29. The molecule has 4 nitrogen and oxygen atoms in total. The van der Waals surface area contributed by atoms with Gasteiger partial charge in [-0.05, 0) is 53.4 Å². The van der Waals surface area contributed by atoms with Crippen LogP contribution in [0.4, 0.5) is 0 Å². The van der Waals surface area contributed by atoms with Crippen LogP contribution < -0.4 is 0 Å². The van der Waals surface area contributed by atoms with Gasteiger partial charge in [0.15, 0.2) is 0 Å². The molecule has 0 saturated heterocycles. The van der Waals surface area contributed by atoms with Crippen molar-refractivity contribution in [3.05, 3.63) is 33.9 Å². The molecule has 0 amide bonds. The Hall–Kier alpha value is -1.35. The lowest BCUT2D eigenvalue weighted by molar-refractivity contribution is 0.112. The summed E-state index contributed by atoms with van der Waals surface area (Å²) in [5.74, 6) is 0. The molecule has 112 valence electrons. The second-order valence-electron chi connectivity index (χ2n) is 5.01. The fourth-order valence-corrected chi connectivity index (χ4v) is 2.87. The van der Waals surface area contributed by atoms with Gasteiger partial charge in [0.2, 0.25) is 0 Å². The first-order chi connectivity index (χ1) is 10.2. The van der Waals surface area contributed by atoms with Crippen LogP contribution in [0.15, 0.2) is 22.8 Å². The number of aliphatic hydroxyl groups excluding tert-OH is 1. The minimum Gasteiger partial charge on any atom is -0.396 e. The van der Waals surface area contributed by atoms with E-state index < -0.39 is 0 Å². The van der Waals surface area contributed by atoms with Crippen molar-refractivity contribution in [3.8, 4) is 6.07 Å². The van der Waals surface area contributed by atoms with Crippen molar-refractivity contribution in [3.63, 3.8) is 0 Å². The molecule has 2 aromatic rings. The number of aryl methyl sites for hydroxylation is 2. The van der Waals surface area contributed by atoms with E-state index >= 15 is 0 Å². The molecule has 5 heteroatoms. The normalized spacial score (nSPS) is 11.0. The summed E-state index contributed by atoms with van der Waals surface area (Å²) in [5, 5.41) is 18.9. The molecule has 21 heavy (non-hydrogen) atoms. The minimum atomic E-state index is 0.176. The van der Waals surface area contributed by atoms with Crippen molar-refractivity contribution < 1.29 is 9.84 Å². The number of benzene rings is 1. The predicted octanol–water partition coefficient (Wildman–Crippen LogP) is 3.37. The molecule has 2 rings (SSSR count). The van der Waals surface area contributed by atoms with Crippen LogP contribution in [-0.4, -0.2) is 29.5 Å². The van der Waals surface area contributed by atoms with E-state index in [0.717, 1.165) is 33.9 Å². The molecular weight excluding hydrogens is 332 g/mol.